The van der Waals surface area contributed by atoms with Gasteiger partial charge in [-0.25, -0.2) is 0 Å². The maximum atomic E-state index is 5.43. The van der Waals surface area contributed by atoms with Crippen molar-refractivity contribution in [2.45, 2.75) is 33.3 Å². The average Bonchev–Trinajstić information content (AvgIpc) is 2.28. The minimum absolute atomic E-state index is 0.700. The van der Waals surface area contributed by atoms with Gasteiger partial charge in [-0.15, -0.1) is 0 Å². The highest BCUT2D eigenvalue weighted by Crippen LogP contribution is 2.15. The first-order chi connectivity index (χ1) is 7.38. The summed E-state index contributed by atoms with van der Waals surface area (Å²) in [7, 11) is 0. The number of para-hydroxylation sites is 1. The predicted molar refractivity (Wildman–Crippen MR) is 65.2 cm³/mol. The lowest BCUT2D eigenvalue weighted by molar-refractivity contribution is 0.134. The molecular weight excluding hydrogens is 186 g/mol. The molecule has 0 spiro atoms. The van der Waals surface area contributed by atoms with Crippen molar-refractivity contribution in [3.8, 4) is 0 Å². The van der Waals surface area contributed by atoms with Crippen molar-refractivity contribution in [3.63, 3.8) is 0 Å². The van der Waals surface area contributed by atoms with E-state index in [-0.39, 0.29) is 0 Å². The van der Waals surface area contributed by atoms with E-state index in [1.165, 1.54) is 24.1 Å². The summed E-state index contributed by atoms with van der Waals surface area (Å²) in [6.45, 7) is 6.73. The molecular formula is C13H21NO. The second-order valence-corrected chi connectivity index (χ2v) is 3.57. The van der Waals surface area contributed by atoms with Crippen molar-refractivity contribution >= 4 is 5.69 Å². The van der Waals surface area contributed by atoms with Gasteiger partial charge in [0.25, 0.3) is 0 Å². The van der Waals surface area contributed by atoms with Crippen LogP contribution in [0.3, 0.4) is 0 Å². The summed E-state index contributed by atoms with van der Waals surface area (Å²) in [6, 6.07) is 8.34. The van der Waals surface area contributed by atoms with Gasteiger partial charge in [0.05, 0.1) is 6.61 Å². The van der Waals surface area contributed by atoms with E-state index in [2.05, 4.69) is 36.5 Å². The lowest BCUT2D eigenvalue weighted by atomic mass is 10.2. The molecule has 0 aliphatic heterocycles. The van der Waals surface area contributed by atoms with E-state index in [0.717, 1.165) is 13.2 Å². The highest BCUT2D eigenvalue weighted by molar-refractivity contribution is 5.50. The highest BCUT2D eigenvalue weighted by Gasteiger charge is 1.99. The van der Waals surface area contributed by atoms with Crippen LogP contribution in [0.5, 0.6) is 0 Å². The number of ether oxygens (including phenoxy) is 1. The van der Waals surface area contributed by atoms with Crippen LogP contribution in [0, 0.1) is 0 Å². The molecule has 1 aromatic carbocycles. The maximum absolute atomic E-state index is 5.43. The molecule has 0 unspecified atom stereocenters. The van der Waals surface area contributed by atoms with Crippen molar-refractivity contribution in [1.29, 1.82) is 0 Å². The first kappa shape index (κ1) is 12.1. The molecule has 0 fully saturated rings. The Morgan fingerprint density at radius 2 is 2.00 bits per heavy atom. The second-order valence-electron chi connectivity index (χ2n) is 3.57. The third-order valence-electron chi connectivity index (χ3n) is 2.32. The molecule has 84 valence electrons. The molecule has 2 heteroatoms. The van der Waals surface area contributed by atoms with E-state index < -0.39 is 0 Å². The fourth-order valence-electron chi connectivity index (χ4n) is 1.43. The molecule has 0 bridgehead atoms. The molecule has 1 rings (SSSR count). The summed E-state index contributed by atoms with van der Waals surface area (Å²) < 4.78 is 5.43. The van der Waals surface area contributed by atoms with Crippen molar-refractivity contribution in [2.75, 3.05) is 18.5 Å². The number of unbranched alkanes of at least 4 members (excludes halogenated alkanes) is 1. The third-order valence-corrected chi connectivity index (χ3v) is 2.32. The fourth-order valence-corrected chi connectivity index (χ4v) is 1.43. The lowest BCUT2D eigenvalue weighted by Gasteiger charge is -2.11. The zero-order valence-corrected chi connectivity index (χ0v) is 9.75. The predicted octanol–water partition coefficient (Wildman–Crippen LogP) is 3.44. The van der Waals surface area contributed by atoms with Crippen LogP contribution < -0.4 is 5.32 Å². The molecule has 0 aliphatic carbocycles. The summed E-state index contributed by atoms with van der Waals surface area (Å²) in [6.07, 6.45) is 2.43. The highest BCUT2D eigenvalue weighted by atomic mass is 16.5. The Morgan fingerprint density at radius 1 is 1.20 bits per heavy atom. The van der Waals surface area contributed by atoms with Gasteiger partial charge in [0.2, 0.25) is 0 Å². The van der Waals surface area contributed by atoms with Crippen LogP contribution >= 0.6 is 0 Å². The number of hydrogen-bond donors (Lipinski definition) is 1. The standard InChI is InChI=1S/C13H21NO/c1-3-5-10-14-13-9-7-6-8-12(13)11-15-4-2/h6-9,14H,3-5,10-11H2,1-2H3. The number of hydrogen-bond acceptors (Lipinski definition) is 2. The second kappa shape index (κ2) is 7.30. The van der Waals surface area contributed by atoms with Gasteiger partial charge >= 0.3 is 0 Å². The Kier molecular flexibility index (Phi) is 5.86. The summed E-state index contributed by atoms with van der Waals surface area (Å²) >= 11 is 0. The smallest absolute Gasteiger partial charge is 0.0736 e. The topological polar surface area (TPSA) is 21.3 Å². The SMILES string of the molecule is CCCCNc1ccccc1COCC. The largest absolute Gasteiger partial charge is 0.385 e. The van der Waals surface area contributed by atoms with Crippen LogP contribution in [0.4, 0.5) is 5.69 Å². The van der Waals surface area contributed by atoms with E-state index in [4.69, 9.17) is 4.74 Å². The van der Waals surface area contributed by atoms with Gasteiger partial charge < -0.3 is 10.1 Å². The molecule has 0 atom stereocenters. The van der Waals surface area contributed by atoms with Gasteiger partial charge in [0, 0.05) is 24.4 Å². The fraction of sp³-hybridized carbons (Fsp3) is 0.538. The molecule has 0 heterocycles. The maximum Gasteiger partial charge on any atom is 0.0736 e. The number of rotatable bonds is 7. The monoisotopic (exact) mass is 207 g/mol. The number of benzene rings is 1. The van der Waals surface area contributed by atoms with E-state index in [9.17, 15) is 0 Å². The molecule has 0 radical (unpaired) electrons. The average molecular weight is 207 g/mol. The summed E-state index contributed by atoms with van der Waals surface area (Å²) in [5.41, 5.74) is 2.45. The van der Waals surface area contributed by atoms with Crippen molar-refractivity contribution in [2.24, 2.45) is 0 Å². The summed E-state index contributed by atoms with van der Waals surface area (Å²) in [4.78, 5) is 0. The molecule has 0 saturated heterocycles. The van der Waals surface area contributed by atoms with Crippen LogP contribution in [0.15, 0.2) is 24.3 Å². The number of nitrogens with one attached hydrogen (secondary N) is 1. The zero-order valence-electron chi connectivity index (χ0n) is 9.75. The van der Waals surface area contributed by atoms with E-state index >= 15 is 0 Å². The third kappa shape index (κ3) is 4.34. The van der Waals surface area contributed by atoms with Gasteiger partial charge in [-0.3, -0.25) is 0 Å². The van der Waals surface area contributed by atoms with E-state index in [1.807, 2.05) is 6.92 Å². The quantitative estimate of drug-likeness (QED) is 0.692. The molecule has 0 aromatic heterocycles. The Hall–Kier alpha value is -1.02. The summed E-state index contributed by atoms with van der Waals surface area (Å²) in [5.74, 6) is 0. The molecule has 0 amide bonds. The number of anilines is 1. The van der Waals surface area contributed by atoms with Crippen LogP contribution in [0.25, 0.3) is 0 Å². The van der Waals surface area contributed by atoms with Crippen molar-refractivity contribution < 1.29 is 4.74 Å². The minimum Gasteiger partial charge on any atom is -0.385 e. The summed E-state index contributed by atoms with van der Waals surface area (Å²) in [5, 5.41) is 3.44. The Labute approximate surface area is 92.6 Å². The molecule has 1 aromatic rings. The van der Waals surface area contributed by atoms with Gasteiger partial charge in [-0.1, -0.05) is 31.5 Å². The first-order valence-electron chi connectivity index (χ1n) is 5.78. The lowest BCUT2D eigenvalue weighted by Crippen LogP contribution is -2.04. The Morgan fingerprint density at radius 3 is 2.73 bits per heavy atom. The first-order valence-corrected chi connectivity index (χ1v) is 5.78. The molecule has 0 saturated carbocycles. The van der Waals surface area contributed by atoms with Gasteiger partial charge in [0.1, 0.15) is 0 Å². The molecule has 0 aliphatic rings. The van der Waals surface area contributed by atoms with Crippen LogP contribution in [-0.4, -0.2) is 13.2 Å². The molecule has 15 heavy (non-hydrogen) atoms. The molecule has 2 nitrogen and oxygen atoms in total. The van der Waals surface area contributed by atoms with Crippen LogP contribution in [0.2, 0.25) is 0 Å². The van der Waals surface area contributed by atoms with E-state index in [0.29, 0.717) is 6.61 Å². The van der Waals surface area contributed by atoms with Crippen LogP contribution in [-0.2, 0) is 11.3 Å². The zero-order chi connectivity index (χ0) is 10.9. The normalized spacial score (nSPS) is 10.3. The van der Waals surface area contributed by atoms with E-state index in [1.54, 1.807) is 0 Å². The Balaban J connectivity index is 2.52. The van der Waals surface area contributed by atoms with Crippen molar-refractivity contribution in [1.82, 2.24) is 0 Å². The van der Waals surface area contributed by atoms with Gasteiger partial charge in [-0.05, 0) is 19.4 Å². The van der Waals surface area contributed by atoms with Crippen LogP contribution in [0.1, 0.15) is 32.3 Å². The van der Waals surface area contributed by atoms with Gasteiger partial charge in [-0.2, -0.15) is 0 Å². The van der Waals surface area contributed by atoms with Gasteiger partial charge in [0.15, 0.2) is 0 Å². The molecule has 1 N–H and O–H groups in total. The minimum atomic E-state index is 0.700. The Bertz CT molecular complexity index is 273. The van der Waals surface area contributed by atoms with Crippen molar-refractivity contribution in [3.05, 3.63) is 29.8 Å².